The molecule has 2 aliphatic heterocycles. The summed E-state index contributed by atoms with van der Waals surface area (Å²) in [7, 11) is 0. The van der Waals surface area contributed by atoms with Crippen LogP contribution in [0.2, 0.25) is 0 Å². The molecule has 10 N–H and O–H groups in total. The number of rotatable bonds is 10. The summed E-state index contributed by atoms with van der Waals surface area (Å²) in [5, 5.41) is 101. The van der Waals surface area contributed by atoms with E-state index in [1.165, 1.54) is 37.3 Å². The topological polar surface area (TPSA) is 266 Å². The lowest BCUT2D eigenvalue weighted by molar-refractivity contribution is -0.358. The predicted octanol–water partition coefficient (Wildman–Crippen LogP) is -1.53. The molecular weight excluding hydrogens is 604 g/mol. The van der Waals surface area contributed by atoms with Crippen LogP contribution < -0.4 is 0 Å². The van der Waals surface area contributed by atoms with Gasteiger partial charge in [0.2, 0.25) is 0 Å². The summed E-state index contributed by atoms with van der Waals surface area (Å²) in [4.78, 5) is 12.8. The maximum Gasteiger partial charge on any atom is 0.331 e. The Bertz CT molecular complexity index is 1340. The van der Waals surface area contributed by atoms with E-state index in [1.54, 1.807) is 0 Å². The van der Waals surface area contributed by atoms with E-state index in [-0.39, 0.29) is 11.3 Å². The first-order valence-electron chi connectivity index (χ1n) is 13.8. The van der Waals surface area contributed by atoms with Gasteiger partial charge in [-0.1, -0.05) is 12.1 Å². The molecule has 2 aromatic carbocycles. The highest BCUT2D eigenvalue weighted by molar-refractivity contribution is 5.87. The molecule has 0 unspecified atom stereocenters. The van der Waals surface area contributed by atoms with Gasteiger partial charge < -0.3 is 74.7 Å². The number of carbonyl (C=O) groups is 1. The summed E-state index contributed by atoms with van der Waals surface area (Å²) in [6.45, 7) is 0.0546. The molecule has 45 heavy (non-hydrogen) atoms. The van der Waals surface area contributed by atoms with Gasteiger partial charge in [0.1, 0.15) is 42.7 Å². The highest BCUT2D eigenvalue weighted by atomic mass is 16.7. The van der Waals surface area contributed by atoms with E-state index >= 15 is 0 Å². The zero-order valence-electron chi connectivity index (χ0n) is 23.8. The minimum atomic E-state index is -1.83. The van der Waals surface area contributed by atoms with Crippen molar-refractivity contribution in [3.05, 3.63) is 53.6 Å². The van der Waals surface area contributed by atoms with Crippen LogP contribution in [0.4, 0.5) is 0 Å². The molecule has 2 fully saturated rings. The molecule has 2 heterocycles. The molecule has 0 bridgehead atoms. The SMILES string of the molecule is C[C@@H]1O[C@@H](O[C@@H]2[C@@H](O)[C@H](OC[C@H](O)c3ccc(O)c(O)c3)O[C@H](CO)[C@H]2OC(=O)C=Cc2ccc(O)c(O)c2)[C@H](O)[C@H](O)[C@H]1O. The molecule has 0 radical (unpaired) electrons. The molecule has 0 aliphatic carbocycles. The lowest BCUT2D eigenvalue weighted by Crippen LogP contribution is -2.65. The number of hydrogen-bond donors (Lipinski definition) is 10. The summed E-state index contributed by atoms with van der Waals surface area (Å²) in [5.74, 6) is -2.75. The largest absolute Gasteiger partial charge is 0.504 e. The molecule has 11 atom stereocenters. The van der Waals surface area contributed by atoms with Crippen LogP contribution in [0.25, 0.3) is 6.08 Å². The Balaban J connectivity index is 1.54. The Kier molecular flexibility index (Phi) is 11.2. The number of phenolic OH excluding ortho intramolecular Hbond substituents is 4. The van der Waals surface area contributed by atoms with Gasteiger partial charge in [0.15, 0.2) is 41.7 Å². The van der Waals surface area contributed by atoms with E-state index in [0.29, 0.717) is 5.56 Å². The summed E-state index contributed by atoms with van der Waals surface area (Å²) >= 11 is 0. The van der Waals surface area contributed by atoms with Crippen LogP contribution in [-0.4, -0.2) is 132 Å². The third-order valence-electron chi connectivity index (χ3n) is 7.36. The number of hydrogen-bond acceptors (Lipinski definition) is 16. The van der Waals surface area contributed by atoms with Gasteiger partial charge in [-0.2, -0.15) is 0 Å². The monoisotopic (exact) mass is 640 g/mol. The normalized spacial score (nSPS) is 32.8. The fourth-order valence-electron chi connectivity index (χ4n) is 4.77. The zero-order valence-corrected chi connectivity index (χ0v) is 23.8. The molecule has 2 saturated heterocycles. The van der Waals surface area contributed by atoms with Crippen molar-refractivity contribution in [1.29, 1.82) is 0 Å². The lowest BCUT2D eigenvalue weighted by Gasteiger charge is -2.46. The van der Waals surface area contributed by atoms with Gasteiger partial charge in [0.05, 0.1) is 19.3 Å². The zero-order chi connectivity index (χ0) is 33.0. The molecule has 2 aromatic rings. The van der Waals surface area contributed by atoms with Crippen molar-refractivity contribution < 1.29 is 79.5 Å². The van der Waals surface area contributed by atoms with Crippen molar-refractivity contribution in [2.75, 3.05) is 13.2 Å². The minimum absolute atomic E-state index is 0.142. The van der Waals surface area contributed by atoms with Crippen molar-refractivity contribution in [1.82, 2.24) is 0 Å². The van der Waals surface area contributed by atoms with Crippen molar-refractivity contribution in [3.63, 3.8) is 0 Å². The number of esters is 1. The van der Waals surface area contributed by atoms with Gasteiger partial charge in [0, 0.05) is 6.08 Å². The number of ether oxygens (including phenoxy) is 5. The van der Waals surface area contributed by atoms with Crippen molar-refractivity contribution in [2.45, 2.75) is 74.4 Å². The van der Waals surface area contributed by atoms with Crippen LogP contribution in [-0.2, 0) is 28.5 Å². The van der Waals surface area contributed by atoms with E-state index in [9.17, 15) is 55.9 Å². The Morgan fingerprint density at radius 2 is 1.51 bits per heavy atom. The van der Waals surface area contributed by atoms with Gasteiger partial charge in [0.25, 0.3) is 0 Å². The van der Waals surface area contributed by atoms with Gasteiger partial charge in [-0.15, -0.1) is 0 Å². The van der Waals surface area contributed by atoms with Crippen LogP contribution in [0.3, 0.4) is 0 Å². The third-order valence-corrected chi connectivity index (χ3v) is 7.36. The minimum Gasteiger partial charge on any atom is -0.504 e. The van der Waals surface area contributed by atoms with E-state index in [1.807, 2.05) is 0 Å². The molecular formula is C29H36O16. The Hall–Kier alpha value is -3.55. The molecule has 16 heteroatoms. The van der Waals surface area contributed by atoms with Gasteiger partial charge >= 0.3 is 5.97 Å². The Labute approximate surface area is 256 Å². The number of aliphatic hydroxyl groups is 6. The molecule has 0 saturated carbocycles. The second-order valence-corrected chi connectivity index (χ2v) is 10.6. The standard InChI is InChI=1S/C29H36O16/c1-12-22(37)23(38)24(39)29(42-12)45-27-25(40)28(41-11-19(35)14-4-6-16(32)18(34)9-14)43-20(10-30)26(27)44-21(36)7-3-13-2-5-15(31)17(33)8-13/h2-9,12,19-20,22-35,37-40H,10-11H2,1H3/t12-,19-,20+,22-,23+,24+,25+,26+,27+,28+,29-/m0/s1. The van der Waals surface area contributed by atoms with Gasteiger partial charge in [-0.05, 0) is 48.4 Å². The van der Waals surface area contributed by atoms with Crippen LogP contribution in [0.1, 0.15) is 24.2 Å². The summed E-state index contributed by atoms with van der Waals surface area (Å²) in [5.41, 5.74) is 0.450. The maximum atomic E-state index is 12.8. The summed E-state index contributed by atoms with van der Waals surface area (Å²) in [6, 6.07) is 7.32. The Morgan fingerprint density at radius 1 is 0.844 bits per heavy atom. The van der Waals surface area contributed by atoms with Crippen molar-refractivity contribution in [3.8, 4) is 23.0 Å². The second kappa shape index (κ2) is 14.7. The maximum absolute atomic E-state index is 12.8. The number of phenols is 4. The van der Waals surface area contributed by atoms with Gasteiger partial charge in [-0.25, -0.2) is 4.79 Å². The molecule has 248 valence electrons. The first kappa shape index (κ1) is 34.3. The number of benzene rings is 2. The lowest BCUT2D eigenvalue weighted by atomic mass is 9.97. The molecule has 0 spiro atoms. The smallest absolute Gasteiger partial charge is 0.331 e. The fraction of sp³-hybridized carbons (Fsp3) is 0.483. The van der Waals surface area contributed by atoms with Gasteiger partial charge in [-0.3, -0.25) is 0 Å². The number of aromatic hydroxyl groups is 4. The van der Waals surface area contributed by atoms with Crippen LogP contribution in [0.5, 0.6) is 23.0 Å². The van der Waals surface area contributed by atoms with Crippen LogP contribution in [0, 0.1) is 0 Å². The average Bonchev–Trinajstić information content (AvgIpc) is 3.01. The van der Waals surface area contributed by atoms with Crippen molar-refractivity contribution in [2.24, 2.45) is 0 Å². The molecule has 4 rings (SSSR count). The molecule has 0 amide bonds. The number of carbonyl (C=O) groups excluding carboxylic acids is 1. The predicted molar refractivity (Wildman–Crippen MR) is 148 cm³/mol. The first-order chi connectivity index (χ1) is 21.3. The molecule has 2 aliphatic rings. The molecule has 16 nitrogen and oxygen atoms in total. The van der Waals surface area contributed by atoms with Crippen LogP contribution >= 0.6 is 0 Å². The highest BCUT2D eigenvalue weighted by Crippen LogP contribution is 2.33. The van der Waals surface area contributed by atoms with E-state index < -0.39 is 104 Å². The summed E-state index contributed by atoms with van der Waals surface area (Å²) in [6.07, 6.45) is -15.0. The third kappa shape index (κ3) is 8.00. The highest BCUT2D eigenvalue weighted by Gasteiger charge is 2.52. The number of aliphatic hydroxyl groups excluding tert-OH is 6. The van der Waals surface area contributed by atoms with E-state index in [0.717, 1.165) is 18.2 Å². The quantitative estimate of drug-likeness (QED) is 0.0802. The summed E-state index contributed by atoms with van der Waals surface area (Å²) < 4.78 is 27.9. The molecule has 0 aromatic heterocycles. The first-order valence-corrected chi connectivity index (χ1v) is 13.8. The average molecular weight is 641 g/mol. The van der Waals surface area contributed by atoms with E-state index in [2.05, 4.69) is 0 Å². The van der Waals surface area contributed by atoms with Crippen LogP contribution in [0.15, 0.2) is 42.5 Å². The van der Waals surface area contributed by atoms with E-state index in [4.69, 9.17) is 23.7 Å². The van der Waals surface area contributed by atoms with Crippen molar-refractivity contribution >= 4 is 12.0 Å². The fourth-order valence-corrected chi connectivity index (χ4v) is 4.77. The Morgan fingerprint density at radius 3 is 2.16 bits per heavy atom. The second-order valence-electron chi connectivity index (χ2n) is 10.6.